The molecule has 0 unspecified atom stereocenters. The van der Waals surface area contributed by atoms with Gasteiger partial charge in [-0.05, 0) is 38.5 Å². The van der Waals surface area contributed by atoms with E-state index in [-0.39, 0.29) is 0 Å². The molecule has 4 heteroatoms. The van der Waals surface area contributed by atoms with Crippen LogP contribution in [0.15, 0.2) is 42.5 Å². The molecule has 0 spiro atoms. The van der Waals surface area contributed by atoms with E-state index in [1.165, 1.54) is 10.4 Å². The Balaban J connectivity index is 1.80. The Bertz CT molecular complexity index is 702. The van der Waals surface area contributed by atoms with E-state index in [1.807, 2.05) is 45.0 Å². The summed E-state index contributed by atoms with van der Waals surface area (Å²) in [5, 5.41) is 2.70. The first kappa shape index (κ1) is 17.1. The molecule has 120 valence electrons. The van der Waals surface area contributed by atoms with Crippen LogP contribution in [0.4, 0.5) is 4.79 Å². The molecule has 0 saturated carbocycles. The first-order valence-corrected chi connectivity index (χ1v) is 8.37. The lowest BCUT2D eigenvalue weighted by Crippen LogP contribution is -2.32. The maximum absolute atomic E-state index is 11.5. The normalized spacial score (nSPS) is 10.6. The molecular weight excluding hydrogens is 306 g/mol. The van der Waals surface area contributed by atoms with Crippen molar-refractivity contribution in [2.75, 3.05) is 6.54 Å². The van der Waals surface area contributed by atoms with E-state index in [0.29, 0.717) is 13.0 Å². The highest BCUT2D eigenvalue weighted by Gasteiger charge is 2.15. The second-order valence-corrected chi connectivity index (χ2v) is 7.09. The molecule has 0 aliphatic carbocycles. The van der Waals surface area contributed by atoms with Crippen LogP contribution in [0.2, 0.25) is 0 Å². The molecule has 1 aromatic heterocycles. The Hall–Kier alpha value is -2.25. The van der Waals surface area contributed by atoms with Crippen molar-refractivity contribution in [3.63, 3.8) is 0 Å². The highest BCUT2D eigenvalue weighted by atomic mass is 32.1. The molecule has 0 atom stereocenters. The molecule has 2 aromatic rings. The summed E-state index contributed by atoms with van der Waals surface area (Å²) < 4.78 is 5.16. The van der Waals surface area contributed by atoms with Gasteiger partial charge in [0.15, 0.2) is 0 Å². The fourth-order valence-electron chi connectivity index (χ4n) is 1.85. The smallest absolute Gasteiger partial charge is 0.407 e. The predicted molar refractivity (Wildman–Crippen MR) is 95.5 cm³/mol. The summed E-state index contributed by atoms with van der Waals surface area (Å²) in [6.45, 7) is 6.01. The van der Waals surface area contributed by atoms with Gasteiger partial charge in [0.1, 0.15) is 5.60 Å². The van der Waals surface area contributed by atoms with Gasteiger partial charge < -0.3 is 10.1 Å². The van der Waals surface area contributed by atoms with Crippen LogP contribution >= 0.6 is 11.3 Å². The Kier molecular flexibility index (Phi) is 5.84. The summed E-state index contributed by atoms with van der Waals surface area (Å²) >= 11 is 1.67. The van der Waals surface area contributed by atoms with Gasteiger partial charge in [-0.1, -0.05) is 42.2 Å². The molecule has 23 heavy (non-hydrogen) atoms. The fraction of sp³-hybridized carbons (Fsp3) is 0.316. The van der Waals surface area contributed by atoms with E-state index in [4.69, 9.17) is 4.74 Å². The van der Waals surface area contributed by atoms with Crippen molar-refractivity contribution in [3.05, 3.63) is 47.3 Å². The van der Waals surface area contributed by atoms with Gasteiger partial charge in [-0.3, -0.25) is 0 Å². The fourth-order valence-corrected chi connectivity index (χ4v) is 2.74. The van der Waals surface area contributed by atoms with Gasteiger partial charge in [-0.15, -0.1) is 11.3 Å². The van der Waals surface area contributed by atoms with E-state index in [9.17, 15) is 4.79 Å². The number of thiophene rings is 1. The third-order valence-electron chi connectivity index (χ3n) is 2.79. The number of benzene rings is 1. The van der Waals surface area contributed by atoms with E-state index in [2.05, 4.69) is 35.4 Å². The van der Waals surface area contributed by atoms with Crippen LogP contribution in [-0.2, 0) is 4.74 Å². The molecule has 0 bridgehead atoms. The zero-order valence-electron chi connectivity index (χ0n) is 13.7. The van der Waals surface area contributed by atoms with Crippen LogP contribution < -0.4 is 5.32 Å². The maximum atomic E-state index is 11.5. The minimum Gasteiger partial charge on any atom is -0.444 e. The van der Waals surface area contributed by atoms with Crippen LogP contribution in [0.5, 0.6) is 0 Å². The van der Waals surface area contributed by atoms with Crippen molar-refractivity contribution < 1.29 is 9.53 Å². The predicted octanol–water partition coefficient (Wildman–Crippen LogP) is 4.68. The zero-order chi connectivity index (χ0) is 16.7. The average Bonchev–Trinajstić information content (AvgIpc) is 2.95. The first-order valence-electron chi connectivity index (χ1n) is 7.55. The topological polar surface area (TPSA) is 38.3 Å². The summed E-state index contributed by atoms with van der Waals surface area (Å²) in [4.78, 5) is 13.7. The van der Waals surface area contributed by atoms with E-state index >= 15 is 0 Å². The van der Waals surface area contributed by atoms with E-state index in [0.717, 1.165) is 4.88 Å². The number of rotatable bonds is 3. The van der Waals surface area contributed by atoms with Gasteiger partial charge in [0, 0.05) is 17.8 Å². The van der Waals surface area contributed by atoms with Crippen molar-refractivity contribution in [3.8, 4) is 22.3 Å². The number of alkyl carbamates (subject to hydrolysis) is 1. The Morgan fingerprint density at radius 2 is 1.91 bits per heavy atom. The van der Waals surface area contributed by atoms with Crippen molar-refractivity contribution >= 4 is 17.4 Å². The number of hydrogen-bond acceptors (Lipinski definition) is 3. The number of ether oxygens (including phenoxy) is 1. The van der Waals surface area contributed by atoms with Gasteiger partial charge in [-0.2, -0.15) is 0 Å². The average molecular weight is 327 g/mol. The molecule has 0 fully saturated rings. The van der Waals surface area contributed by atoms with Crippen LogP contribution in [0.1, 0.15) is 32.1 Å². The minimum atomic E-state index is -0.472. The third kappa shape index (κ3) is 6.17. The quantitative estimate of drug-likeness (QED) is 0.656. The summed E-state index contributed by atoms with van der Waals surface area (Å²) in [5.74, 6) is 6.21. The largest absolute Gasteiger partial charge is 0.444 e. The summed E-state index contributed by atoms with van der Waals surface area (Å²) in [6, 6.07) is 14.4. The summed E-state index contributed by atoms with van der Waals surface area (Å²) in [5.41, 5.74) is 0.734. The molecule has 1 aromatic carbocycles. The van der Waals surface area contributed by atoms with E-state index in [1.54, 1.807) is 11.3 Å². The lowest BCUT2D eigenvalue weighted by atomic mass is 10.2. The number of hydrogen-bond donors (Lipinski definition) is 1. The van der Waals surface area contributed by atoms with Crippen molar-refractivity contribution in [1.29, 1.82) is 0 Å². The zero-order valence-corrected chi connectivity index (χ0v) is 14.5. The second kappa shape index (κ2) is 7.85. The molecular formula is C19H21NO2S. The number of amides is 1. The molecule has 1 amide bonds. The summed E-state index contributed by atoms with van der Waals surface area (Å²) in [7, 11) is 0. The van der Waals surface area contributed by atoms with Crippen LogP contribution in [-0.4, -0.2) is 18.2 Å². The molecule has 3 nitrogen and oxygen atoms in total. The molecule has 2 rings (SSSR count). The van der Waals surface area contributed by atoms with Crippen LogP contribution in [0.3, 0.4) is 0 Å². The number of nitrogens with one attached hydrogen (secondary N) is 1. The van der Waals surface area contributed by atoms with Crippen molar-refractivity contribution in [2.24, 2.45) is 0 Å². The lowest BCUT2D eigenvalue weighted by molar-refractivity contribution is 0.0529. The monoisotopic (exact) mass is 327 g/mol. The molecule has 0 saturated heterocycles. The molecule has 1 N–H and O–H groups in total. The third-order valence-corrected chi connectivity index (χ3v) is 3.84. The van der Waals surface area contributed by atoms with Gasteiger partial charge in [0.25, 0.3) is 0 Å². The van der Waals surface area contributed by atoms with Crippen molar-refractivity contribution in [1.82, 2.24) is 5.32 Å². The maximum Gasteiger partial charge on any atom is 0.407 e. The van der Waals surface area contributed by atoms with Crippen LogP contribution in [0.25, 0.3) is 10.4 Å². The minimum absolute atomic E-state index is 0.401. The number of carbonyl (C=O) groups is 1. The summed E-state index contributed by atoms with van der Waals surface area (Å²) in [6.07, 6.45) is 0.194. The first-order chi connectivity index (χ1) is 10.9. The Labute approximate surface area is 141 Å². The van der Waals surface area contributed by atoms with E-state index < -0.39 is 11.7 Å². The van der Waals surface area contributed by atoms with Crippen molar-refractivity contribution in [2.45, 2.75) is 32.8 Å². The molecule has 0 aliphatic rings. The van der Waals surface area contributed by atoms with Gasteiger partial charge in [0.2, 0.25) is 0 Å². The van der Waals surface area contributed by atoms with Gasteiger partial charge in [0.05, 0.1) is 4.88 Å². The SMILES string of the molecule is CC(C)(C)OC(=O)NCCC#Cc1ccc(-c2ccccc2)s1. The molecule has 0 aliphatic heterocycles. The van der Waals surface area contributed by atoms with Crippen LogP contribution in [0, 0.1) is 11.8 Å². The Morgan fingerprint density at radius 1 is 1.17 bits per heavy atom. The van der Waals surface area contributed by atoms with Gasteiger partial charge >= 0.3 is 6.09 Å². The second-order valence-electron chi connectivity index (χ2n) is 6.01. The Morgan fingerprint density at radius 3 is 2.61 bits per heavy atom. The molecule has 0 radical (unpaired) electrons. The molecule has 1 heterocycles. The number of carbonyl (C=O) groups excluding carboxylic acids is 1. The highest BCUT2D eigenvalue weighted by Crippen LogP contribution is 2.27. The highest BCUT2D eigenvalue weighted by molar-refractivity contribution is 7.16. The standard InChI is InChI=1S/C19H21NO2S/c1-19(2,3)22-18(21)20-14-8-7-11-16-12-13-17(23-16)15-9-5-4-6-10-15/h4-6,9-10,12-13H,8,14H2,1-3H3,(H,20,21). The lowest BCUT2D eigenvalue weighted by Gasteiger charge is -2.19. The van der Waals surface area contributed by atoms with Gasteiger partial charge in [-0.25, -0.2) is 4.79 Å².